The molecular formula is C13H24O6. The number of aliphatic hydroxyl groups excluding tert-OH is 3. The third-order valence-corrected chi connectivity index (χ3v) is 3.11. The van der Waals surface area contributed by atoms with Gasteiger partial charge in [-0.3, -0.25) is 0 Å². The monoisotopic (exact) mass is 276 g/mol. The van der Waals surface area contributed by atoms with Crippen LogP contribution in [-0.4, -0.2) is 64.8 Å². The van der Waals surface area contributed by atoms with Crippen LogP contribution in [0, 0.1) is 0 Å². The van der Waals surface area contributed by atoms with Crippen molar-refractivity contribution in [1.29, 1.82) is 0 Å². The molecule has 112 valence electrons. The predicted octanol–water partition coefficient (Wildman–Crippen LogP) is -0.368. The molecule has 0 saturated heterocycles. The molecule has 1 saturated carbocycles. The molecule has 6 nitrogen and oxygen atoms in total. The first kappa shape index (κ1) is 16.5. The summed E-state index contributed by atoms with van der Waals surface area (Å²) in [6.07, 6.45) is -1.22. The number of hydrogen-bond donors (Lipinski definition) is 3. The number of aliphatic hydroxyl groups is 3. The zero-order valence-corrected chi connectivity index (χ0v) is 11.5. The molecule has 19 heavy (non-hydrogen) atoms. The minimum absolute atomic E-state index is 0.00741. The van der Waals surface area contributed by atoms with Crippen molar-refractivity contribution in [1.82, 2.24) is 0 Å². The number of carbonyl (C=O) groups excluding carboxylic acids is 1. The summed E-state index contributed by atoms with van der Waals surface area (Å²) in [6.45, 7) is 3.77. The molecule has 0 radical (unpaired) electrons. The van der Waals surface area contributed by atoms with E-state index >= 15 is 0 Å². The van der Waals surface area contributed by atoms with E-state index in [0.29, 0.717) is 6.29 Å². The molecule has 1 rings (SSSR count). The van der Waals surface area contributed by atoms with Gasteiger partial charge in [0, 0.05) is 12.8 Å². The second-order valence-corrected chi connectivity index (χ2v) is 5.48. The highest BCUT2D eigenvalue weighted by Crippen LogP contribution is 2.30. The second kappa shape index (κ2) is 7.31. The molecule has 0 heterocycles. The van der Waals surface area contributed by atoms with Crippen molar-refractivity contribution in [3.05, 3.63) is 0 Å². The lowest BCUT2D eigenvalue weighted by molar-refractivity contribution is -0.162. The number of carbonyl (C=O) groups is 1. The molecular weight excluding hydrogens is 252 g/mol. The highest BCUT2D eigenvalue weighted by molar-refractivity contribution is 5.63. The highest BCUT2D eigenvalue weighted by Gasteiger charge is 2.41. The van der Waals surface area contributed by atoms with Gasteiger partial charge in [-0.25, -0.2) is 0 Å². The minimum Gasteiger partial charge on any atom is -0.393 e. The lowest BCUT2D eigenvalue weighted by atomic mass is 9.82. The topological polar surface area (TPSA) is 96.2 Å². The Hall–Kier alpha value is -0.530. The van der Waals surface area contributed by atoms with Gasteiger partial charge in [0.15, 0.2) is 6.29 Å². The summed E-state index contributed by atoms with van der Waals surface area (Å²) in [6, 6.07) is 0. The summed E-state index contributed by atoms with van der Waals surface area (Å²) < 4.78 is 10.7. The van der Waals surface area contributed by atoms with Crippen LogP contribution in [0.4, 0.5) is 0 Å². The van der Waals surface area contributed by atoms with Crippen LogP contribution in [0.5, 0.6) is 0 Å². The molecule has 6 heteroatoms. The van der Waals surface area contributed by atoms with Crippen LogP contribution in [0.3, 0.4) is 0 Å². The first-order chi connectivity index (χ1) is 8.87. The van der Waals surface area contributed by atoms with Gasteiger partial charge in [0.1, 0.15) is 11.7 Å². The van der Waals surface area contributed by atoms with Crippen molar-refractivity contribution in [2.75, 3.05) is 13.2 Å². The lowest BCUT2D eigenvalue weighted by Crippen LogP contribution is -2.48. The smallest absolute Gasteiger partial charge is 0.152 e. The van der Waals surface area contributed by atoms with E-state index in [9.17, 15) is 20.1 Å². The minimum atomic E-state index is -1.21. The molecule has 3 atom stereocenters. The third kappa shape index (κ3) is 5.54. The standard InChI is InChI=1S/C13H24O6/c1-9(2)18-6-12(17)7-19-13(8-14)4-10(15)3-11(16)5-13/h8-12,15-17H,3-7H2,1-2H3. The van der Waals surface area contributed by atoms with Gasteiger partial charge < -0.3 is 29.6 Å². The molecule has 0 aromatic carbocycles. The summed E-state index contributed by atoms with van der Waals surface area (Å²) in [5.74, 6) is 0. The van der Waals surface area contributed by atoms with E-state index in [1.807, 2.05) is 13.8 Å². The third-order valence-electron chi connectivity index (χ3n) is 3.11. The van der Waals surface area contributed by atoms with Crippen molar-refractivity contribution in [3.63, 3.8) is 0 Å². The van der Waals surface area contributed by atoms with E-state index in [1.54, 1.807) is 0 Å². The Labute approximate surface area is 113 Å². The van der Waals surface area contributed by atoms with Gasteiger partial charge in [0.25, 0.3) is 0 Å². The first-order valence-electron chi connectivity index (χ1n) is 6.63. The van der Waals surface area contributed by atoms with E-state index < -0.39 is 23.9 Å². The Balaban J connectivity index is 2.45. The fourth-order valence-corrected chi connectivity index (χ4v) is 2.22. The fraction of sp³-hybridized carbons (Fsp3) is 0.923. The van der Waals surface area contributed by atoms with Gasteiger partial charge >= 0.3 is 0 Å². The SMILES string of the molecule is CC(C)OCC(O)COC1(C=O)CC(O)CC(O)C1. The van der Waals surface area contributed by atoms with Gasteiger partial charge in [-0.1, -0.05) is 0 Å². The first-order valence-corrected chi connectivity index (χ1v) is 6.63. The second-order valence-electron chi connectivity index (χ2n) is 5.48. The van der Waals surface area contributed by atoms with Gasteiger partial charge in [-0.15, -0.1) is 0 Å². The van der Waals surface area contributed by atoms with Crippen LogP contribution < -0.4 is 0 Å². The quantitative estimate of drug-likeness (QED) is 0.549. The van der Waals surface area contributed by atoms with Gasteiger partial charge in [0.2, 0.25) is 0 Å². The average molecular weight is 276 g/mol. The van der Waals surface area contributed by atoms with Crippen LogP contribution >= 0.6 is 0 Å². The maximum absolute atomic E-state index is 11.2. The zero-order valence-electron chi connectivity index (χ0n) is 11.5. The molecule has 3 N–H and O–H groups in total. The van der Waals surface area contributed by atoms with E-state index in [2.05, 4.69) is 0 Å². The van der Waals surface area contributed by atoms with Gasteiger partial charge in [-0.05, 0) is 20.3 Å². The van der Waals surface area contributed by atoms with Crippen molar-refractivity contribution in [3.8, 4) is 0 Å². The van der Waals surface area contributed by atoms with Crippen LogP contribution in [0.2, 0.25) is 0 Å². The molecule has 0 amide bonds. The Morgan fingerprint density at radius 3 is 2.32 bits per heavy atom. The maximum atomic E-state index is 11.2. The van der Waals surface area contributed by atoms with Crippen molar-refractivity contribution >= 4 is 6.29 Å². The molecule has 3 unspecified atom stereocenters. The molecule has 1 aliphatic carbocycles. The van der Waals surface area contributed by atoms with Crippen molar-refractivity contribution < 1.29 is 29.6 Å². The van der Waals surface area contributed by atoms with Crippen LogP contribution in [-0.2, 0) is 14.3 Å². The molecule has 0 aliphatic heterocycles. The molecule has 1 fully saturated rings. The zero-order chi connectivity index (χ0) is 14.5. The summed E-state index contributed by atoms with van der Waals surface area (Å²) in [5, 5.41) is 28.9. The predicted molar refractivity (Wildman–Crippen MR) is 67.7 cm³/mol. The summed E-state index contributed by atoms with van der Waals surface area (Å²) >= 11 is 0. The highest BCUT2D eigenvalue weighted by atomic mass is 16.5. The molecule has 1 aliphatic rings. The molecule has 0 bridgehead atoms. The number of aldehydes is 1. The molecule has 0 aromatic heterocycles. The Kier molecular flexibility index (Phi) is 6.35. The normalized spacial score (nSPS) is 33.4. The van der Waals surface area contributed by atoms with Crippen LogP contribution in [0.25, 0.3) is 0 Å². The number of hydrogen-bond acceptors (Lipinski definition) is 6. The lowest BCUT2D eigenvalue weighted by Gasteiger charge is -2.37. The number of rotatable bonds is 7. The maximum Gasteiger partial charge on any atom is 0.152 e. The van der Waals surface area contributed by atoms with Crippen molar-refractivity contribution in [2.24, 2.45) is 0 Å². The molecule has 0 aromatic rings. The summed E-state index contributed by atoms with van der Waals surface area (Å²) in [7, 11) is 0. The summed E-state index contributed by atoms with van der Waals surface area (Å²) in [5.41, 5.74) is -1.21. The largest absolute Gasteiger partial charge is 0.393 e. The number of ether oxygens (including phenoxy) is 2. The Morgan fingerprint density at radius 1 is 1.26 bits per heavy atom. The van der Waals surface area contributed by atoms with Crippen LogP contribution in [0.1, 0.15) is 33.1 Å². The average Bonchev–Trinajstić information content (AvgIpc) is 2.32. The van der Waals surface area contributed by atoms with Crippen molar-refractivity contribution in [2.45, 2.75) is 63.1 Å². The van der Waals surface area contributed by atoms with Crippen LogP contribution in [0.15, 0.2) is 0 Å². The van der Waals surface area contributed by atoms with E-state index in [0.717, 1.165) is 0 Å². The fourth-order valence-electron chi connectivity index (χ4n) is 2.22. The van der Waals surface area contributed by atoms with E-state index in [4.69, 9.17) is 9.47 Å². The van der Waals surface area contributed by atoms with Gasteiger partial charge in [0.05, 0.1) is 31.5 Å². The van der Waals surface area contributed by atoms with Gasteiger partial charge in [-0.2, -0.15) is 0 Å². The molecule has 0 spiro atoms. The summed E-state index contributed by atoms with van der Waals surface area (Å²) in [4.78, 5) is 11.2. The Bertz CT molecular complexity index is 270. The van der Waals surface area contributed by atoms with E-state index in [1.165, 1.54) is 0 Å². The van der Waals surface area contributed by atoms with E-state index in [-0.39, 0.29) is 38.6 Å². The Morgan fingerprint density at radius 2 is 1.84 bits per heavy atom.